The van der Waals surface area contributed by atoms with Gasteiger partial charge >= 0.3 is 0 Å². The Morgan fingerprint density at radius 1 is 1.60 bits per heavy atom. The molecule has 0 spiro atoms. The lowest BCUT2D eigenvalue weighted by Gasteiger charge is -2.02. The predicted octanol–water partition coefficient (Wildman–Crippen LogP) is 2.05. The van der Waals surface area contributed by atoms with Crippen molar-refractivity contribution < 1.29 is 0 Å². The zero-order chi connectivity index (χ0) is 11.4. The van der Waals surface area contributed by atoms with Crippen LogP contribution in [0.4, 0.5) is 0 Å². The number of nitrogens with one attached hydrogen (secondary N) is 1. The van der Waals surface area contributed by atoms with Crippen molar-refractivity contribution in [3.63, 3.8) is 0 Å². The Balaban J connectivity index is 2.92. The molecular weight excluding hydrogens is 258 g/mol. The molecular formula is C10H14BrN3O. The lowest BCUT2D eigenvalue weighted by Crippen LogP contribution is -2.16. The van der Waals surface area contributed by atoms with Crippen molar-refractivity contribution in [1.82, 2.24) is 9.78 Å². The quantitative estimate of drug-likeness (QED) is 0.911. The van der Waals surface area contributed by atoms with Crippen LogP contribution in [0.5, 0.6) is 0 Å². The van der Waals surface area contributed by atoms with Crippen LogP contribution >= 0.6 is 15.9 Å². The van der Waals surface area contributed by atoms with Gasteiger partial charge < -0.3 is 0 Å². The van der Waals surface area contributed by atoms with Crippen LogP contribution in [-0.4, -0.2) is 9.78 Å². The molecule has 0 bridgehead atoms. The van der Waals surface area contributed by atoms with Crippen molar-refractivity contribution in [2.75, 3.05) is 0 Å². The third-order valence-corrected chi connectivity index (χ3v) is 2.85. The van der Waals surface area contributed by atoms with Gasteiger partial charge in [0.2, 0.25) is 0 Å². The normalized spacial score (nSPS) is 10.6. The van der Waals surface area contributed by atoms with E-state index in [-0.39, 0.29) is 5.56 Å². The molecule has 82 valence electrons. The number of hydrogen-bond acceptors (Lipinski definition) is 2. The molecule has 0 aromatic carbocycles. The van der Waals surface area contributed by atoms with E-state index in [1.807, 2.05) is 6.07 Å². The molecule has 0 radical (unpaired) electrons. The van der Waals surface area contributed by atoms with Gasteiger partial charge in [-0.05, 0) is 28.3 Å². The van der Waals surface area contributed by atoms with E-state index in [1.54, 1.807) is 0 Å². The Bertz CT molecular complexity index is 425. The van der Waals surface area contributed by atoms with Gasteiger partial charge in [-0.2, -0.15) is 5.26 Å². The van der Waals surface area contributed by atoms with Gasteiger partial charge in [0.15, 0.2) is 0 Å². The molecule has 0 atom stereocenters. The molecule has 0 amide bonds. The first-order valence-electron chi connectivity index (χ1n) is 4.90. The fourth-order valence-corrected chi connectivity index (χ4v) is 1.84. The van der Waals surface area contributed by atoms with Crippen molar-refractivity contribution in [1.29, 1.82) is 5.26 Å². The Kier molecular flexibility index (Phi) is 4.15. The highest BCUT2D eigenvalue weighted by Crippen LogP contribution is 2.14. The van der Waals surface area contributed by atoms with Crippen molar-refractivity contribution in [2.45, 2.75) is 33.2 Å². The van der Waals surface area contributed by atoms with Crippen molar-refractivity contribution in [2.24, 2.45) is 5.92 Å². The van der Waals surface area contributed by atoms with Crippen LogP contribution in [0.1, 0.15) is 26.0 Å². The molecule has 0 aliphatic rings. The van der Waals surface area contributed by atoms with Crippen molar-refractivity contribution >= 4 is 15.9 Å². The summed E-state index contributed by atoms with van der Waals surface area (Å²) in [5, 5.41) is 11.5. The number of rotatable bonds is 4. The summed E-state index contributed by atoms with van der Waals surface area (Å²) in [5.74, 6) is 0.490. The lowest BCUT2D eigenvalue weighted by atomic mass is 10.1. The second kappa shape index (κ2) is 5.17. The highest BCUT2D eigenvalue weighted by atomic mass is 79.9. The summed E-state index contributed by atoms with van der Waals surface area (Å²) in [6, 6.07) is 2.02. The molecule has 0 aliphatic heterocycles. The van der Waals surface area contributed by atoms with Crippen LogP contribution in [0.2, 0.25) is 0 Å². The molecule has 4 nitrogen and oxygen atoms in total. The first kappa shape index (κ1) is 12.1. The first-order valence-corrected chi connectivity index (χ1v) is 5.69. The first-order chi connectivity index (χ1) is 7.06. The minimum Gasteiger partial charge on any atom is -0.298 e. The number of aromatic amines is 1. The van der Waals surface area contributed by atoms with Crippen LogP contribution in [0.3, 0.4) is 0 Å². The van der Waals surface area contributed by atoms with Crippen LogP contribution in [-0.2, 0) is 13.0 Å². The summed E-state index contributed by atoms with van der Waals surface area (Å²) in [7, 11) is 0. The zero-order valence-corrected chi connectivity index (χ0v) is 10.5. The Morgan fingerprint density at radius 2 is 2.27 bits per heavy atom. The standard InChI is InChI=1S/C10H14BrN3O/c1-7(2)6-8-9(11)10(15)14(13-8)5-3-4-12/h7,13H,3,5-6H2,1-2H3. The summed E-state index contributed by atoms with van der Waals surface area (Å²) in [6.07, 6.45) is 1.17. The van der Waals surface area contributed by atoms with Gasteiger partial charge in [0.05, 0.1) is 24.7 Å². The van der Waals surface area contributed by atoms with E-state index in [0.717, 1.165) is 12.1 Å². The molecule has 0 unspecified atom stereocenters. The van der Waals surface area contributed by atoms with E-state index in [1.165, 1.54) is 4.68 Å². The molecule has 5 heteroatoms. The van der Waals surface area contributed by atoms with Gasteiger partial charge in [0, 0.05) is 0 Å². The SMILES string of the molecule is CC(C)Cc1[nH]n(CCC#N)c(=O)c1Br. The van der Waals surface area contributed by atoms with Crippen LogP contribution in [0.15, 0.2) is 9.27 Å². The summed E-state index contributed by atoms with van der Waals surface area (Å²) >= 11 is 3.27. The molecule has 1 aromatic heterocycles. The fourth-order valence-electron chi connectivity index (χ4n) is 1.37. The largest absolute Gasteiger partial charge is 0.298 e. The number of aromatic nitrogens is 2. The van der Waals surface area contributed by atoms with E-state index in [0.29, 0.717) is 23.4 Å². The molecule has 15 heavy (non-hydrogen) atoms. The van der Waals surface area contributed by atoms with Crippen LogP contribution in [0.25, 0.3) is 0 Å². The van der Waals surface area contributed by atoms with Gasteiger partial charge in [-0.25, -0.2) is 0 Å². The summed E-state index contributed by atoms with van der Waals surface area (Å²) in [5.41, 5.74) is 0.828. The minimum absolute atomic E-state index is 0.0825. The van der Waals surface area contributed by atoms with Gasteiger partial charge in [-0.15, -0.1) is 0 Å². The third kappa shape index (κ3) is 2.96. The smallest absolute Gasteiger partial charge is 0.281 e. The minimum atomic E-state index is -0.0825. The van der Waals surface area contributed by atoms with Gasteiger partial charge in [0.1, 0.15) is 4.47 Å². The van der Waals surface area contributed by atoms with E-state index in [2.05, 4.69) is 34.9 Å². The molecule has 0 saturated carbocycles. The Hall–Kier alpha value is -1.02. The van der Waals surface area contributed by atoms with Crippen LogP contribution in [0, 0.1) is 17.2 Å². The average Bonchev–Trinajstić information content (AvgIpc) is 2.42. The molecule has 1 N–H and O–H groups in total. The number of aryl methyl sites for hydroxylation is 1. The average molecular weight is 272 g/mol. The highest BCUT2D eigenvalue weighted by Gasteiger charge is 2.12. The van der Waals surface area contributed by atoms with Gasteiger partial charge in [-0.3, -0.25) is 14.6 Å². The monoisotopic (exact) mass is 271 g/mol. The Labute approximate surface area is 97.0 Å². The number of nitriles is 1. The van der Waals surface area contributed by atoms with Gasteiger partial charge in [0.25, 0.3) is 5.56 Å². The molecule has 0 aliphatic carbocycles. The van der Waals surface area contributed by atoms with E-state index in [9.17, 15) is 4.79 Å². The summed E-state index contributed by atoms with van der Waals surface area (Å²) < 4.78 is 2.07. The number of nitrogens with zero attached hydrogens (tertiary/aromatic N) is 2. The number of halogens is 1. The topological polar surface area (TPSA) is 61.6 Å². The second-order valence-electron chi connectivity index (χ2n) is 3.87. The second-order valence-corrected chi connectivity index (χ2v) is 4.66. The molecule has 1 aromatic rings. The molecule has 1 heterocycles. The fraction of sp³-hybridized carbons (Fsp3) is 0.600. The number of hydrogen-bond donors (Lipinski definition) is 1. The lowest BCUT2D eigenvalue weighted by molar-refractivity contribution is 0.577. The zero-order valence-electron chi connectivity index (χ0n) is 8.88. The maximum Gasteiger partial charge on any atom is 0.281 e. The summed E-state index contributed by atoms with van der Waals surface area (Å²) in [4.78, 5) is 11.7. The van der Waals surface area contributed by atoms with E-state index in [4.69, 9.17) is 5.26 Å². The van der Waals surface area contributed by atoms with E-state index >= 15 is 0 Å². The van der Waals surface area contributed by atoms with Gasteiger partial charge in [-0.1, -0.05) is 13.8 Å². The maximum atomic E-state index is 11.7. The highest BCUT2D eigenvalue weighted by molar-refractivity contribution is 9.10. The number of H-pyrrole nitrogens is 1. The Morgan fingerprint density at radius 3 is 2.80 bits per heavy atom. The summed E-state index contributed by atoms with van der Waals surface area (Å²) in [6.45, 7) is 4.61. The molecule has 0 saturated heterocycles. The van der Waals surface area contributed by atoms with Crippen LogP contribution < -0.4 is 5.56 Å². The maximum absolute atomic E-state index is 11.7. The predicted molar refractivity (Wildman–Crippen MR) is 61.5 cm³/mol. The van der Waals surface area contributed by atoms with E-state index < -0.39 is 0 Å². The molecule has 0 fully saturated rings. The molecule has 1 rings (SSSR count). The van der Waals surface area contributed by atoms with Crippen molar-refractivity contribution in [3.05, 3.63) is 20.5 Å². The third-order valence-electron chi connectivity index (χ3n) is 2.03. The van der Waals surface area contributed by atoms with Crippen molar-refractivity contribution in [3.8, 4) is 6.07 Å².